The molecule has 240 valence electrons. The van der Waals surface area contributed by atoms with Crippen LogP contribution < -0.4 is 0 Å². The standard InChI is InChI=1S/C41H40O6/c1-5-6-23-35(47-41(43)39(45-4)37-33-21-13-9-17-29(33)25-30-18-10-14-22-34(30)37)26(2)46-40(42)38(44-3)36-31-19-11-7-15-27(31)24-28-16-8-12-20-32(28)36/h7-22,24-26,35,38-39H,5-6,23H2,1-4H3/t26-,35+,38+,39+/m0/s1. The van der Waals surface area contributed by atoms with E-state index in [4.69, 9.17) is 18.9 Å². The molecule has 0 aliphatic carbocycles. The van der Waals surface area contributed by atoms with Gasteiger partial charge in [-0.05, 0) is 75.0 Å². The van der Waals surface area contributed by atoms with Crippen LogP contribution in [0.25, 0.3) is 43.1 Å². The molecule has 0 unspecified atom stereocenters. The maximum Gasteiger partial charge on any atom is 0.340 e. The molecule has 6 aromatic rings. The molecule has 6 heteroatoms. The zero-order chi connectivity index (χ0) is 32.9. The van der Waals surface area contributed by atoms with Gasteiger partial charge in [-0.3, -0.25) is 0 Å². The summed E-state index contributed by atoms with van der Waals surface area (Å²) in [5.74, 6) is -1.07. The highest BCUT2D eigenvalue weighted by atomic mass is 16.6. The van der Waals surface area contributed by atoms with Gasteiger partial charge >= 0.3 is 11.9 Å². The second kappa shape index (κ2) is 14.3. The van der Waals surface area contributed by atoms with Crippen molar-refractivity contribution in [2.75, 3.05) is 14.2 Å². The van der Waals surface area contributed by atoms with Crippen molar-refractivity contribution in [1.29, 1.82) is 0 Å². The van der Waals surface area contributed by atoms with Gasteiger partial charge in [0.25, 0.3) is 0 Å². The molecular formula is C41H40O6. The maximum atomic E-state index is 14.0. The van der Waals surface area contributed by atoms with Crippen molar-refractivity contribution in [2.45, 2.75) is 57.5 Å². The van der Waals surface area contributed by atoms with Crippen LogP contribution >= 0.6 is 0 Å². The molecule has 0 aliphatic heterocycles. The molecule has 0 spiro atoms. The fraction of sp³-hybridized carbons (Fsp3) is 0.268. The molecule has 0 saturated heterocycles. The first kappa shape index (κ1) is 32.2. The highest BCUT2D eigenvalue weighted by Gasteiger charge is 2.34. The average molecular weight is 629 g/mol. The van der Waals surface area contributed by atoms with E-state index < -0.39 is 36.4 Å². The Morgan fingerprint density at radius 1 is 0.574 bits per heavy atom. The molecular weight excluding hydrogens is 588 g/mol. The van der Waals surface area contributed by atoms with Gasteiger partial charge in [0.15, 0.2) is 12.2 Å². The summed E-state index contributed by atoms with van der Waals surface area (Å²) in [6.07, 6.45) is -1.18. The normalized spacial score (nSPS) is 14.2. The minimum Gasteiger partial charge on any atom is -0.457 e. The number of benzene rings is 6. The summed E-state index contributed by atoms with van der Waals surface area (Å²) in [7, 11) is 3.03. The van der Waals surface area contributed by atoms with E-state index in [-0.39, 0.29) is 0 Å². The second-order valence-electron chi connectivity index (χ2n) is 12.0. The lowest BCUT2D eigenvalue weighted by Gasteiger charge is -2.28. The summed E-state index contributed by atoms with van der Waals surface area (Å²) in [5, 5.41) is 7.70. The van der Waals surface area contributed by atoms with Gasteiger partial charge in [-0.2, -0.15) is 0 Å². The van der Waals surface area contributed by atoms with E-state index in [2.05, 4.69) is 19.1 Å². The predicted octanol–water partition coefficient (Wildman–Crippen LogP) is 9.41. The smallest absolute Gasteiger partial charge is 0.340 e. The number of esters is 2. The van der Waals surface area contributed by atoms with Crippen molar-refractivity contribution in [3.05, 3.63) is 120 Å². The lowest BCUT2D eigenvalue weighted by molar-refractivity contribution is -0.179. The van der Waals surface area contributed by atoms with Crippen molar-refractivity contribution < 1.29 is 28.5 Å². The monoisotopic (exact) mass is 628 g/mol. The molecule has 47 heavy (non-hydrogen) atoms. The van der Waals surface area contributed by atoms with Crippen LogP contribution in [-0.2, 0) is 28.5 Å². The van der Waals surface area contributed by atoms with Crippen molar-refractivity contribution in [3.63, 3.8) is 0 Å². The third kappa shape index (κ3) is 6.44. The van der Waals surface area contributed by atoms with E-state index in [1.165, 1.54) is 14.2 Å². The van der Waals surface area contributed by atoms with Crippen LogP contribution in [-0.4, -0.2) is 38.4 Å². The molecule has 0 heterocycles. The number of methoxy groups -OCH3 is 2. The highest BCUT2D eigenvalue weighted by molar-refractivity contribution is 6.06. The molecule has 0 fully saturated rings. The summed E-state index contributed by atoms with van der Waals surface area (Å²) < 4.78 is 24.0. The minimum atomic E-state index is -0.982. The van der Waals surface area contributed by atoms with Gasteiger partial charge in [-0.25, -0.2) is 9.59 Å². The summed E-state index contributed by atoms with van der Waals surface area (Å²) >= 11 is 0. The Morgan fingerprint density at radius 2 is 0.936 bits per heavy atom. The number of hydrogen-bond acceptors (Lipinski definition) is 6. The van der Waals surface area contributed by atoms with Gasteiger partial charge in [0.05, 0.1) is 0 Å². The van der Waals surface area contributed by atoms with Gasteiger partial charge in [-0.1, -0.05) is 110 Å². The quantitative estimate of drug-likeness (QED) is 0.0993. The molecule has 0 aromatic heterocycles. The first-order chi connectivity index (χ1) is 22.9. The average Bonchev–Trinajstić information content (AvgIpc) is 3.10. The summed E-state index contributed by atoms with van der Waals surface area (Å²) in [4.78, 5) is 27.9. The highest BCUT2D eigenvalue weighted by Crippen LogP contribution is 2.37. The molecule has 6 aromatic carbocycles. The van der Waals surface area contributed by atoms with E-state index in [0.717, 1.165) is 67.1 Å². The van der Waals surface area contributed by atoms with Crippen LogP contribution in [0.4, 0.5) is 0 Å². The van der Waals surface area contributed by atoms with Crippen LogP contribution in [0.5, 0.6) is 0 Å². The number of unbranched alkanes of at least 4 members (excludes halogenated alkanes) is 1. The van der Waals surface area contributed by atoms with Gasteiger partial charge in [-0.15, -0.1) is 0 Å². The maximum absolute atomic E-state index is 14.0. The lowest BCUT2D eigenvalue weighted by Crippen LogP contribution is -2.36. The Bertz CT molecular complexity index is 1940. The summed E-state index contributed by atoms with van der Waals surface area (Å²) in [5.41, 5.74) is 1.51. The SMILES string of the molecule is CCCC[C@@H](OC(=O)[C@H](OC)c1c2ccccc2cc2ccccc12)[C@H](C)OC(=O)[C@H](OC)c1c2ccccc2cc2ccccc12. The first-order valence-electron chi connectivity index (χ1n) is 16.2. The van der Waals surface area contributed by atoms with Gasteiger partial charge < -0.3 is 18.9 Å². The number of hydrogen-bond donors (Lipinski definition) is 0. The van der Waals surface area contributed by atoms with Crippen molar-refractivity contribution in [1.82, 2.24) is 0 Å². The molecule has 6 nitrogen and oxygen atoms in total. The van der Waals surface area contributed by atoms with E-state index in [1.807, 2.05) is 97.1 Å². The van der Waals surface area contributed by atoms with Crippen molar-refractivity contribution in [2.24, 2.45) is 0 Å². The van der Waals surface area contributed by atoms with Gasteiger partial charge in [0, 0.05) is 25.3 Å². The largest absolute Gasteiger partial charge is 0.457 e. The number of carbonyl (C=O) groups is 2. The number of ether oxygens (including phenoxy) is 4. The molecule has 0 bridgehead atoms. The molecule has 0 amide bonds. The fourth-order valence-corrected chi connectivity index (χ4v) is 6.65. The van der Waals surface area contributed by atoms with Crippen LogP contribution in [0, 0.1) is 0 Å². The number of fused-ring (bicyclic) bond motifs is 4. The van der Waals surface area contributed by atoms with Crippen molar-refractivity contribution >= 4 is 55.0 Å². The zero-order valence-corrected chi connectivity index (χ0v) is 27.3. The third-order valence-electron chi connectivity index (χ3n) is 8.99. The van der Waals surface area contributed by atoms with Crippen LogP contribution in [0.3, 0.4) is 0 Å². The van der Waals surface area contributed by atoms with Gasteiger partial charge in [0.1, 0.15) is 12.2 Å². The van der Waals surface area contributed by atoms with E-state index in [1.54, 1.807) is 6.92 Å². The Labute approximate surface area is 275 Å². The first-order valence-corrected chi connectivity index (χ1v) is 16.2. The lowest BCUT2D eigenvalue weighted by atomic mass is 9.93. The Morgan fingerprint density at radius 3 is 1.30 bits per heavy atom. The molecule has 6 rings (SSSR count). The van der Waals surface area contributed by atoms with Crippen LogP contribution in [0.15, 0.2) is 109 Å². The molecule has 0 aliphatic rings. The van der Waals surface area contributed by atoms with Crippen molar-refractivity contribution in [3.8, 4) is 0 Å². The Hall–Kier alpha value is -4.78. The number of rotatable bonds is 12. The molecule has 0 saturated carbocycles. The minimum absolute atomic E-state index is 0.526. The van der Waals surface area contributed by atoms with E-state index in [9.17, 15) is 9.59 Å². The third-order valence-corrected chi connectivity index (χ3v) is 8.99. The Balaban J connectivity index is 1.30. The zero-order valence-electron chi connectivity index (χ0n) is 27.3. The predicted molar refractivity (Wildman–Crippen MR) is 187 cm³/mol. The molecule has 0 N–H and O–H groups in total. The molecule has 0 radical (unpaired) electrons. The number of carbonyl (C=O) groups excluding carboxylic acids is 2. The topological polar surface area (TPSA) is 71.1 Å². The van der Waals surface area contributed by atoms with Crippen LogP contribution in [0.2, 0.25) is 0 Å². The van der Waals surface area contributed by atoms with E-state index >= 15 is 0 Å². The summed E-state index contributed by atoms with van der Waals surface area (Å²) in [6.45, 7) is 3.84. The second-order valence-corrected chi connectivity index (χ2v) is 12.0. The summed E-state index contributed by atoms with van der Waals surface area (Å²) in [6, 6.07) is 36.0. The van der Waals surface area contributed by atoms with Gasteiger partial charge in [0.2, 0.25) is 0 Å². The van der Waals surface area contributed by atoms with Crippen LogP contribution in [0.1, 0.15) is 56.4 Å². The van der Waals surface area contributed by atoms with E-state index in [0.29, 0.717) is 6.42 Å². The fourth-order valence-electron chi connectivity index (χ4n) is 6.65. The molecule has 4 atom stereocenters. The Kier molecular flexibility index (Phi) is 9.81.